The molecule has 0 saturated carbocycles. The zero-order chi connectivity index (χ0) is 11.0. The first-order chi connectivity index (χ1) is 6.63. The van der Waals surface area contributed by atoms with Crippen molar-refractivity contribution in [2.45, 2.75) is 20.3 Å². The maximum Gasteiger partial charge on any atom is 0.241 e. The molecule has 0 aromatic heterocycles. The van der Waals surface area contributed by atoms with Crippen LogP contribution in [0.25, 0.3) is 0 Å². The second-order valence-electron chi connectivity index (χ2n) is 2.81. The molecule has 0 aliphatic rings. The molecule has 0 aliphatic carbocycles. The van der Waals surface area contributed by atoms with Crippen molar-refractivity contribution in [3.8, 4) is 0 Å². The number of rotatable bonds is 5. The van der Waals surface area contributed by atoms with Gasteiger partial charge in [0, 0.05) is 6.08 Å². The first-order valence-corrected chi connectivity index (χ1v) is 4.53. The number of carbonyl (C=O) groups excluding carboxylic acids is 1. The first-order valence-electron chi connectivity index (χ1n) is 4.53. The highest BCUT2D eigenvalue weighted by Gasteiger charge is 1.94. The molecule has 0 heterocycles. The quantitative estimate of drug-likeness (QED) is 0.533. The number of allylic oxidation sites excluding steroid dienone is 5. The van der Waals surface area contributed by atoms with E-state index in [1.54, 1.807) is 12.2 Å². The van der Waals surface area contributed by atoms with Crippen LogP contribution in [-0.4, -0.2) is 12.6 Å². The summed E-state index contributed by atoms with van der Waals surface area (Å²) in [6.45, 7) is 3.24. The molecular weight excluding hydrogens is 181 g/mol. The molecule has 14 heavy (non-hydrogen) atoms. The minimum absolute atomic E-state index is 0.297. The lowest BCUT2D eigenvalue weighted by atomic mass is 10.1. The Morgan fingerprint density at radius 1 is 1.36 bits per heavy atom. The van der Waals surface area contributed by atoms with Crippen LogP contribution in [0, 0.1) is 0 Å². The molecule has 0 fully saturated rings. The summed E-state index contributed by atoms with van der Waals surface area (Å²) in [5, 5.41) is 0. The summed E-state index contributed by atoms with van der Waals surface area (Å²) in [6.07, 6.45) is 7.27. The maximum atomic E-state index is 12.3. The normalized spacial score (nSPS) is 13.6. The molecule has 0 rings (SSSR count). The van der Waals surface area contributed by atoms with Gasteiger partial charge in [-0.1, -0.05) is 30.7 Å². The van der Waals surface area contributed by atoms with Crippen molar-refractivity contribution in [1.29, 1.82) is 0 Å². The third kappa shape index (κ3) is 5.30. The Bertz CT molecular complexity index is 277. The Morgan fingerprint density at radius 3 is 2.29 bits per heavy atom. The van der Waals surface area contributed by atoms with Gasteiger partial charge < -0.3 is 5.73 Å². The Balaban J connectivity index is 4.53. The topological polar surface area (TPSA) is 43.1 Å². The van der Waals surface area contributed by atoms with Crippen LogP contribution in [0.5, 0.6) is 0 Å². The Kier molecular flexibility index (Phi) is 6.37. The van der Waals surface area contributed by atoms with Gasteiger partial charge in [0.15, 0.2) is 0 Å². The summed E-state index contributed by atoms with van der Waals surface area (Å²) in [5.41, 5.74) is 6.30. The highest BCUT2D eigenvalue weighted by molar-refractivity contribution is 5.87. The number of hydrogen-bond acceptors (Lipinski definition) is 1. The van der Waals surface area contributed by atoms with Crippen LogP contribution in [0.3, 0.4) is 0 Å². The largest absolute Gasteiger partial charge is 0.366 e. The molecule has 0 aromatic carbocycles. The average molecular weight is 197 g/mol. The van der Waals surface area contributed by atoms with E-state index in [-0.39, 0.29) is 0 Å². The van der Waals surface area contributed by atoms with Gasteiger partial charge in [-0.3, -0.25) is 4.79 Å². The predicted molar refractivity (Wildman–Crippen MR) is 56.4 cm³/mol. The molecular formula is C11H16FNO. The maximum absolute atomic E-state index is 12.3. The second kappa shape index (κ2) is 7.06. The van der Waals surface area contributed by atoms with Gasteiger partial charge in [-0.15, -0.1) is 0 Å². The number of amides is 1. The molecule has 78 valence electrons. The predicted octanol–water partition coefficient (Wildman–Crippen LogP) is 2.28. The minimum atomic E-state index is -0.680. The molecule has 1 amide bonds. The molecule has 0 spiro atoms. The van der Waals surface area contributed by atoms with Gasteiger partial charge in [0.05, 0.1) is 0 Å². The van der Waals surface area contributed by atoms with E-state index >= 15 is 0 Å². The van der Waals surface area contributed by atoms with E-state index in [0.29, 0.717) is 5.57 Å². The molecule has 0 bridgehead atoms. The molecule has 2 N–H and O–H groups in total. The molecule has 2 nitrogen and oxygen atoms in total. The smallest absolute Gasteiger partial charge is 0.241 e. The van der Waals surface area contributed by atoms with Gasteiger partial charge in [0.2, 0.25) is 5.91 Å². The number of primary amides is 1. The summed E-state index contributed by atoms with van der Waals surface area (Å²) in [6, 6.07) is 0. The minimum Gasteiger partial charge on any atom is -0.366 e. The summed E-state index contributed by atoms with van der Waals surface area (Å²) in [4.78, 5) is 10.5. The third-order valence-electron chi connectivity index (χ3n) is 1.77. The first kappa shape index (κ1) is 12.6. The standard InChI is InChI=1S/C11H16FNO/c1-3-9(4-2)5-6-10(8-12)7-11(13)14/h3,5-7H,4,8H2,1-2H3,(H2,13,14)/b6-5-,9-3-,10-7-. The number of hydrogen-bond donors (Lipinski definition) is 1. The molecule has 0 unspecified atom stereocenters. The Morgan fingerprint density at radius 2 is 1.93 bits per heavy atom. The van der Waals surface area contributed by atoms with Crippen molar-refractivity contribution in [2.75, 3.05) is 6.67 Å². The summed E-state index contributed by atoms with van der Waals surface area (Å²) in [5.74, 6) is -0.624. The number of carbonyl (C=O) groups is 1. The average Bonchev–Trinajstić information content (AvgIpc) is 2.17. The highest BCUT2D eigenvalue weighted by Crippen LogP contribution is 2.05. The SMILES string of the molecule is C\C=C(/C=C\C(=C\C(N)=O)CF)CC. The summed E-state index contributed by atoms with van der Waals surface area (Å²) in [7, 11) is 0. The fourth-order valence-electron chi connectivity index (χ4n) is 0.946. The van der Waals surface area contributed by atoms with Crippen LogP contribution >= 0.6 is 0 Å². The molecule has 0 atom stereocenters. The van der Waals surface area contributed by atoms with Gasteiger partial charge in [-0.25, -0.2) is 4.39 Å². The van der Waals surface area contributed by atoms with Crippen LogP contribution in [0.2, 0.25) is 0 Å². The van der Waals surface area contributed by atoms with Crippen LogP contribution in [-0.2, 0) is 4.79 Å². The third-order valence-corrected chi connectivity index (χ3v) is 1.77. The second-order valence-corrected chi connectivity index (χ2v) is 2.81. The van der Waals surface area contributed by atoms with E-state index < -0.39 is 12.6 Å². The van der Waals surface area contributed by atoms with Crippen LogP contribution < -0.4 is 5.73 Å². The highest BCUT2D eigenvalue weighted by atomic mass is 19.1. The molecule has 0 saturated heterocycles. The van der Waals surface area contributed by atoms with Gasteiger partial charge >= 0.3 is 0 Å². The van der Waals surface area contributed by atoms with Crippen LogP contribution in [0.15, 0.2) is 35.5 Å². The monoisotopic (exact) mass is 197 g/mol. The molecule has 0 aromatic rings. The van der Waals surface area contributed by atoms with E-state index in [1.807, 2.05) is 19.9 Å². The van der Waals surface area contributed by atoms with E-state index in [0.717, 1.165) is 18.1 Å². The van der Waals surface area contributed by atoms with E-state index in [9.17, 15) is 9.18 Å². The lowest BCUT2D eigenvalue weighted by molar-refractivity contribution is -0.113. The molecule has 0 radical (unpaired) electrons. The lowest BCUT2D eigenvalue weighted by Crippen LogP contribution is -2.07. The fraction of sp³-hybridized carbons (Fsp3) is 0.364. The Labute approximate surface area is 84.0 Å². The van der Waals surface area contributed by atoms with Crippen molar-refractivity contribution in [2.24, 2.45) is 5.73 Å². The van der Waals surface area contributed by atoms with E-state index in [1.165, 1.54) is 0 Å². The Hall–Kier alpha value is -1.38. The van der Waals surface area contributed by atoms with Crippen molar-refractivity contribution < 1.29 is 9.18 Å². The number of halogens is 1. The molecule has 0 aliphatic heterocycles. The zero-order valence-electron chi connectivity index (χ0n) is 8.59. The van der Waals surface area contributed by atoms with Crippen LogP contribution in [0.4, 0.5) is 4.39 Å². The summed E-state index contributed by atoms with van der Waals surface area (Å²) < 4.78 is 12.3. The van der Waals surface area contributed by atoms with Crippen molar-refractivity contribution >= 4 is 5.91 Å². The number of nitrogens with two attached hydrogens (primary N) is 1. The van der Waals surface area contributed by atoms with Crippen molar-refractivity contribution in [3.05, 3.63) is 35.5 Å². The molecule has 3 heteroatoms. The van der Waals surface area contributed by atoms with Gasteiger partial charge in [-0.05, 0) is 18.9 Å². The van der Waals surface area contributed by atoms with E-state index in [2.05, 4.69) is 0 Å². The fourth-order valence-corrected chi connectivity index (χ4v) is 0.946. The summed E-state index contributed by atoms with van der Waals surface area (Å²) >= 11 is 0. The van der Waals surface area contributed by atoms with Crippen molar-refractivity contribution in [1.82, 2.24) is 0 Å². The van der Waals surface area contributed by atoms with Crippen molar-refractivity contribution in [3.63, 3.8) is 0 Å². The van der Waals surface area contributed by atoms with Gasteiger partial charge in [-0.2, -0.15) is 0 Å². The lowest BCUT2D eigenvalue weighted by Gasteiger charge is -1.96. The number of alkyl halides is 1. The van der Waals surface area contributed by atoms with Gasteiger partial charge in [0.1, 0.15) is 6.67 Å². The van der Waals surface area contributed by atoms with E-state index in [4.69, 9.17) is 5.73 Å². The van der Waals surface area contributed by atoms with Crippen LogP contribution in [0.1, 0.15) is 20.3 Å². The van der Waals surface area contributed by atoms with Gasteiger partial charge in [0.25, 0.3) is 0 Å². The zero-order valence-corrected chi connectivity index (χ0v) is 8.59.